The Morgan fingerprint density at radius 1 is 1.42 bits per heavy atom. The summed E-state index contributed by atoms with van der Waals surface area (Å²) in [6.07, 6.45) is 1.65. The molecule has 4 N–H and O–H groups in total. The largest absolute Gasteiger partial charge is 0.481 e. The summed E-state index contributed by atoms with van der Waals surface area (Å²) < 4.78 is 5.18. The van der Waals surface area contributed by atoms with E-state index in [1.807, 2.05) is 13.8 Å². The van der Waals surface area contributed by atoms with Crippen molar-refractivity contribution in [2.45, 2.75) is 39.2 Å². The minimum Gasteiger partial charge on any atom is -0.481 e. The van der Waals surface area contributed by atoms with Gasteiger partial charge in [-0.2, -0.15) is 0 Å². The van der Waals surface area contributed by atoms with Gasteiger partial charge in [0, 0.05) is 19.8 Å². The second-order valence-corrected chi connectivity index (χ2v) is 5.33. The van der Waals surface area contributed by atoms with E-state index in [4.69, 9.17) is 10.5 Å². The van der Waals surface area contributed by atoms with Gasteiger partial charge < -0.3 is 20.9 Å². The molecule has 0 aromatic carbocycles. The fraction of sp³-hybridized carbons (Fsp3) is 0.846. The van der Waals surface area contributed by atoms with Crippen LogP contribution in [0.4, 0.5) is 0 Å². The van der Waals surface area contributed by atoms with Gasteiger partial charge in [0.1, 0.15) is 0 Å². The summed E-state index contributed by atoms with van der Waals surface area (Å²) in [5, 5.41) is 12.0. The topological polar surface area (TPSA) is 102 Å². The van der Waals surface area contributed by atoms with Crippen LogP contribution >= 0.6 is 0 Å². The minimum absolute atomic E-state index is 0.0791. The van der Waals surface area contributed by atoms with Crippen LogP contribution in [-0.4, -0.2) is 42.8 Å². The van der Waals surface area contributed by atoms with Gasteiger partial charge in [-0.1, -0.05) is 20.3 Å². The molecule has 0 aromatic rings. The molecule has 0 radical (unpaired) electrons. The third kappa shape index (κ3) is 3.91. The second kappa shape index (κ2) is 6.86. The number of hydrogen-bond acceptors (Lipinski definition) is 4. The molecule has 1 amide bonds. The molecule has 0 aliphatic carbocycles. The molecular weight excluding hydrogens is 248 g/mol. The average Bonchev–Trinajstić information content (AvgIpc) is 2.43. The number of hydrogen-bond donors (Lipinski definition) is 3. The SMILES string of the molecule is CCC(C)[C@H](N)C(=O)NCC1(C(=O)O)CCOCC1. The van der Waals surface area contributed by atoms with Crippen molar-refractivity contribution in [3.05, 3.63) is 0 Å². The Kier molecular flexibility index (Phi) is 5.75. The van der Waals surface area contributed by atoms with Crippen molar-refractivity contribution in [1.82, 2.24) is 5.32 Å². The number of nitrogens with two attached hydrogens (primary N) is 1. The lowest BCUT2D eigenvalue weighted by Crippen LogP contribution is -2.51. The van der Waals surface area contributed by atoms with Crippen molar-refractivity contribution < 1.29 is 19.4 Å². The molecule has 1 fully saturated rings. The van der Waals surface area contributed by atoms with Crippen molar-refractivity contribution in [3.63, 3.8) is 0 Å². The van der Waals surface area contributed by atoms with E-state index in [0.717, 1.165) is 6.42 Å². The smallest absolute Gasteiger partial charge is 0.311 e. The van der Waals surface area contributed by atoms with E-state index in [9.17, 15) is 14.7 Å². The summed E-state index contributed by atoms with van der Waals surface area (Å²) in [6, 6.07) is -0.587. The maximum absolute atomic E-state index is 11.9. The molecule has 2 atom stereocenters. The third-order valence-electron chi connectivity index (χ3n) is 4.06. The van der Waals surface area contributed by atoms with E-state index < -0.39 is 17.4 Å². The summed E-state index contributed by atoms with van der Waals surface area (Å²) in [7, 11) is 0. The van der Waals surface area contributed by atoms with Gasteiger partial charge in [0.05, 0.1) is 11.5 Å². The molecule has 110 valence electrons. The van der Waals surface area contributed by atoms with Crippen LogP contribution in [0.3, 0.4) is 0 Å². The maximum atomic E-state index is 11.9. The molecule has 1 unspecified atom stereocenters. The van der Waals surface area contributed by atoms with Crippen molar-refractivity contribution >= 4 is 11.9 Å². The Balaban J connectivity index is 2.57. The van der Waals surface area contributed by atoms with Gasteiger partial charge in [0.15, 0.2) is 0 Å². The number of rotatable bonds is 6. The third-order valence-corrected chi connectivity index (χ3v) is 4.06. The van der Waals surface area contributed by atoms with Gasteiger partial charge in [-0.15, -0.1) is 0 Å². The lowest BCUT2D eigenvalue weighted by molar-refractivity contribution is -0.154. The van der Waals surface area contributed by atoms with Crippen LogP contribution in [0.5, 0.6) is 0 Å². The number of carbonyl (C=O) groups is 2. The first-order valence-electron chi connectivity index (χ1n) is 6.77. The van der Waals surface area contributed by atoms with Crippen LogP contribution in [0.25, 0.3) is 0 Å². The quantitative estimate of drug-likeness (QED) is 0.648. The molecule has 0 aromatic heterocycles. The van der Waals surface area contributed by atoms with Gasteiger partial charge in [-0.3, -0.25) is 9.59 Å². The molecule has 1 aliphatic rings. The first-order valence-corrected chi connectivity index (χ1v) is 6.77. The van der Waals surface area contributed by atoms with Gasteiger partial charge in [0.2, 0.25) is 5.91 Å². The summed E-state index contributed by atoms with van der Waals surface area (Å²) in [4.78, 5) is 23.3. The lowest BCUT2D eigenvalue weighted by atomic mass is 9.80. The van der Waals surface area contributed by atoms with Gasteiger partial charge >= 0.3 is 5.97 Å². The minimum atomic E-state index is -0.914. The van der Waals surface area contributed by atoms with Crippen LogP contribution in [0.15, 0.2) is 0 Å². The van der Waals surface area contributed by atoms with Crippen molar-refractivity contribution in [3.8, 4) is 0 Å². The zero-order valence-corrected chi connectivity index (χ0v) is 11.6. The molecule has 1 heterocycles. The molecule has 19 heavy (non-hydrogen) atoms. The highest BCUT2D eigenvalue weighted by Gasteiger charge is 2.40. The van der Waals surface area contributed by atoms with Crippen molar-refractivity contribution in [2.75, 3.05) is 19.8 Å². The fourth-order valence-corrected chi connectivity index (χ4v) is 2.11. The van der Waals surface area contributed by atoms with E-state index in [0.29, 0.717) is 26.1 Å². The summed E-state index contributed by atoms with van der Waals surface area (Å²) in [5.74, 6) is -1.08. The second-order valence-electron chi connectivity index (χ2n) is 5.33. The molecule has 0 bridgehead atoms. The summed E-state index contributed by atoms with van der Waals surface area (Å²) in [5.41, 5.74) is 4.91. The number of nitrogens with one attached hydrogen (secondary N) is 1. The lowest BCUT2D eigenvalue weighted by Gasteiger charge is -2.33. The summed E-state index contributed by atoms with van der Waals surface area (Å²) >= 11 is 0. The Morgan fingerprint density at radius 3 is 2.47 bits per heavy atom. The average molecular weight is 272 g/mol. The highest BCUT2D eigenvalue weighted by molar-refractivity contribution is 5.83. The molecule has 1 rings (SSSR count). The molecular formula is C13H24N2O4. The van der Waals surface area contributed by atoms with Gasteiger partial charge in [-0.05, 0) is 18.8 Å². The molecule has 0 spiro atoms. The molecule has 1 aliphatic heterocycles. The zero-order valence-electron chi connectivity index (χ0n) is 11.6. The Labute approximate surface area is 113 Å². The number of ether oxygens (including phenoxy) is 1. The van der Waals surface area contributed by atoms with Crippen molar-refractivity contribution in [2.24, 2.45) is 17.1 Å². The first kappa shape index (κ1) is 15.9. The van der Waals surface area contributed by atoms with Gasteiger partial charge in [-0.25, -0.2) is 0 Å². The highest BCUT2D eigenvalue weighted by atomic mass is 16.5. The van der Waals surface area contributed by atoms with E-state index in [-0.39, 0.29) is 18.4 Å². The molecule has 6 nitrogen and oxygen atoms in total. The predicted octanol–water partition coefficient (Wildman–Crippen LogP) is 0.357. The zero-order chi connectivity index (χ0) is 14.5. The normalized spacial score (nSPS) is 21.4. The number of aliphatic carboxylic acids is 1. The van der Waals surface area contributed by atoms with E-state index in [1.54, 1.807) is 0 Å². The Bertz CT molecular complexity index is 327. The first-order chi connectivity index (χ1) is 8.93. The Morgan fingerprint density at radius 2 is 2.00 bits per heavy atom. The molecule has 1 saturated heterocycles. The van der Waals surface area contributed by atoms with Gasteiger partial charge in [0.25, 0.3) is 0 Å². The van der Waals surface area contributed by atoms with Crippen LogP contribution in [0.1, 0.15) is 33.1 Å². The maximum Gasteiger partial charge on any atom is 0.311 e. The standard InChI is InChI=1S/C13H24N2O4/c1-3-9(2)10(14)11(16)15-8-13(12(17)18)4-6-19-7-5-13/h9-10H,3-8,14H2,1-2H3,(H,15,16)(H,17,18)/t9?,10-/m0/s1. The highest BCUT2D eigenvalue weighted by Crippen LogP contribution is 2.30. The van der Waals surface area contributed by atoms with E-state index in [2.05, 4.69) is 5.32 Å². The Hall–Kier alpha value is -1.14. The monoisotopic (exact) mass is 272 g/mol. The fourth-order valence-electron chi connectivity index (χ4n) is 2.11. The van der Waals surface area contributed by atoms with Crippen LogP contribution in [-0.2, 0) is 14.3 Å². The number of carboxylic acids is 1. The van der Waals surface area contributed by atoms with Crippen LogP contribution in [0, 0.1) is 11.3 Å². The molecule has 0 saturated carbocycles. The van der Waals surface area contributed by atoms with Crippen molar-refractivity contribution in [1.29, 1.82) is 0 Å². The summed E-state index contributed by atoms with van der Waals surface area (Å²) in [6.45, 7) is 4.83. The van der Waals surface area contributed by atoms with Crippen LogP contribution < -0.4 is 11.1 Å². The number of carbonyl (C=O) groups excluding carboxylic acids is 1. The van der Waals surface area contributed by atoms with E-state index in [1.165, 1.54) is 0 Å². The molecule has 6 heteroatoms. The van der Waals surface area contributed by atoms with E-state index >= 15 is 0 Å². The number of amides is 1. The van der Waals surface area contributed by atoms with Crippen LogP contribution in [0.2, 0.25) is 0 Å². The number of carboxylic acid groups (broad SMARTS) is 1. The predicted molar refractivity (Wildman–Crippen MR) is 70.6 cm³/mol.